The van der Waals surface area contributed by atoms with Gasteiger partial charge >= 0.3 is 0 Å². The Morgan fingerprint density at radius 3 is 2.33 bits per heavy atom. The Balaban J connectivity index is 1.29. The molecule has 0 aliphatic carbocycles. The van der Waals surface area contributed by atoms with Gasteiger partial charge in [-0.3, -0.25) is 19.6 Å². The number of hydrogen-bond donors (Lipinski definition) is 0. The zero-order chi connectivity index (χ0) is 24.7. The third kappa shape index (κ3) is 3.97. The molecule has 0 atom stereocenters. The highest BCUT2D eigenvalue weighted by molar-refractivity contribution is 9.10. The minimum absolute atomic E-state index is 0.191. The van der Waals surface area contributed by atoms with E-state index in [1.807, 2.05) is 35.4 Å². The average molecular weight is 538 g/mol. The third-order valence-corrected chi connectivity index (χ3v) is 8.26. The molecule has 2 aliphatic rings. The number of pyridine rings is 1. The van der Waals surface area contributed by atoms with Crippen molar-refractivity contribution in [3.63, 3.8) is 0 Å². The van der Waals surface area contributed by atoms with Crippen LogP contribution in [0.2, 0.25) is 0 Å². The number of aromatic nitrogens is 1. The number of benzene rings is 3. The molecule has 0 bridgehead atoms. The van der Waals surface area contributed by atoms with Crippen LogP contribution in [-0.2, 0) is 16.8 Å². The molecule has 1 fully saturated rings. The Labute approximate surface area is 220 Å². The quantitative estimate of drug-likeness (QED) is 0.280. The number of halogens is 1. The fourth-order valence-corrected chi connectivity index (χ4v) is 6.04. The molecule has 2 aliphatic heterocycles. The number of carbonyl (C=O) groups excluding carboxylic acids is 1. The maximum Gasteiger partial charge on any atom is 0.242 e. The van der Waals surface area contributed by atoms with Crippen LogP contribution in [0.15, 0.2) is 95.6 Å². The third-order valence-electron chi connectivity index (χ3n) is 7.76. The Kier molecular flexibility index (Phi) is 5.98. The molecule has 4 aromatic rings. The number of piperidine rings is 1. The lowest BCUT2D eigenvalue weighted by Crippen LogP contribution is -2.47. The highest BCUT2D eigenvalue weighted by atomic mass is 79.9. The summed E-state index contributed by atoms with van der Waals surface area (Å²) < 4.78 is 0.986. The maximum absolute atomic E-state index is 14.2. The summed E-state index contributed by atoms with van der Waals surface area (Å²) in [6.07, 6.45) is 3.49. The number of fused-ring (bicyclic) bond motifs is 2. The van der Waals surface area contributed by atoms with Crippen LogP contribution in [0.25, 0.3) is 11.1 Å². The summed E-state index contributed by atoms with van der Waals surface area (Å²) in [5, 5.41) is 0. The minimum Gasteiger partial charge on any atom is -0.297 e. The first-order valence-corrected chi connectivity index (χ1v) is 13.3. The topological polar surface area (TPSA) is 36.4 Å². The molecule has 0 saturated carbocycles. The number of amides is 1. The van der Waals surface area contributed by atoms with Crippen molar-refractivity contribution < 1.29 is 4.79 Å². The normalized spacial score (nSPS) is 16.9. The highest BCUT2D eigenvalue weighted by Crippen LogP contribution is 2.51. The van der Waals surface area contributed by atoms with Crippen LogP contribution in [0, 0.1) is 6.92 Å². The SMILES string of the molecule is Cc1cccnc1CN1CCC2(CC1)C(=O)N(c1ccc(-c3ccccc3)cc1)c1cc(Br)ccc12. The van der Waals surface area contributed by atoms with Gasteiger partial charge in [-0.15, -0.1) is 0 Å². The van der Waals surface area contributed by atoms with Gasteiger partial charge in [0.25, 0.3) is 0 Å². The molecule has 6 rings (SSSR count). The predicted octanol–water partition coefficient (Wildman–Crippen LogP) is 7.03. The van der Waals surface area contributed by atoms with Gasteiger partial charge in [0, 0.05) is 22.9 Å². The first kappa shape index (κ1) is 23.1. The van der Waals surface area contributed by atoms with Crippen molar-refractivity contribution in [2.45, 2.75) is 31.7 Å². The van der Waals surface area contributed by atoms with Crippen molar-refractivity contribution in [2.24, 2.45) is 0 Å². The summed E-state index contributed by atoms with van der Waals surface area (Å²) in [5.41, 5.74) is 7.24. The number of carbonyl (C=O) groups is 1. The summed E-state index contributed by atoms with van der Waals surface area (Å²) in [5.74, 6) is 0.191. The molecule has 0 unspecified atom stereocenters. The summed E-state index contributed by atoms with van der Waals surface area (Å²) in [6.45, 7) is 4.69. The minimum atomic E-state index is -0.482. The van der Waals surface area contributed by atoms with Gasteiger partial charge in [0.2, 0.25) is 5.91 Å². The zero-order valence-electron chi connectivity index (χ0n) is 20.3. The van der Waals surface area contributed by atoms with Crippen LogP contribution in [0.1, 0.15) is 29.7 Å². The van der Waals surface area contributed by atoms with Crippen molar-refractivity contribution in [1.82, 2.24) is 9.88 Å². The van der Waals surface area contributed by atoms with Gasteiger partial charge in [-0.05, 0) is 85.4 Å². The first-order chi connectivity index (χ1) is 17.5. The van der Waals surface area contributed by atoms with Gasteiger partial charge in [-0.25, -0.2) is 0 Å². The van der Waals surface area contributed by atoms with E-state index in [1.54, 1.807) is 0 Å². The van der Waals surface area contributed by atoms with E-state index < -0.39 is 5.41 Å². The highest BCUT2D eigenvalue weighted by Gasteiger charge is 2.52. The summed E-state index contributed by atoms with van der Waals surface area (Å²) in [7, 11) is 0. The van der Waals surface area contributed by atoms with E-state index in [2.05, 4.69) is 93.4 Å². The molecular formula is C31H28BrN3O. The zero-order valence-corrected chi connectivity index (χ0v) is 21.9. The van der Waals surface area contributed by atoms with E-state index in [0.717, 1.165) is 65.1 Å². The second kappa shape index (κ2) is 9.30. The molecule has 1 amide bonds. The fourth-order valence-electron chi connectivity index (χ4n) is 5.69. The van der Waals surface area contributed by atoms with Crippen molar-refractivity contribution in [1.29, 1.82) is 0 Å². The number of rotatable bonds is 4. The summed E-state index contributed by atoms with van der Waals surface area (Å²) in [4.78, 5) is 23.2. The van der Waals surface area contributed by atoms with Crippen molar-refractivity contribution in [3.8, 4) is 11.1 Å². The van der Waals surface area contributed by atoms with Crippen LogP contribution >= 0.6 is 15.9 Å². The summed E-state index contributed by atoms with van der Waals surface area (Å²) in [6, 6.07) is 29.1. The van der Waals surface area contributed by atoms with Crippen LogP contribution in [0.4, 0.5) is 11.4 Å². The molecule has 1 spiro atoms. The Hall–Kier alpha value is -3.28. The van der Waals surface area contributed by atoms with Crippen LogP contribution < -0.4 is 4.90 Å². The lowest BCUT2D eigenvalue weighted by molar-refractivity contribution is -0.124. The van der Waals surface area contributed by atoms with E-state index in [-0.39, 0.29) is 5.91 Å². The molecule has 36 heavy (non-hydrogen) atoms. The standard InChI is InChI=1S/C31H28BrN3O/c1-22-6-5-17-33-28(22)21-34-18-15-31(16-19-34)27-14-11-25(32)20-29(27)35(30(31)36)26-12-9-24(10-13-26)23-7-3-2-4-8-23/h2-14,17,20H,15-16,18-19,21H2,1H3. The van der Waals surface area contributed by atoms with Gasteiger partial charge in [-0.2, -0.15) is 0 Å². The van der Waals surface area contributed by atoms with Gasteiger partial charge < -0.3 is 0 Å². The fraction of sp³-hybridized carbons (Fsp3) is 0.226. The Morgan fingerprint density at radius 1 is 0.889 bits per heavy atom. The largest absolute Gasteiger partial charge is 0.297 e. The van der Waals surface area contributed by atoms with E-state index in [0.29, 0.717) is 0 Å². The number of nitrogens with zero attached hydrogens (tertiary/aromatic N) is 3. The van der Waals surface area contributed by atoms with Gasteiger partial charge in [-0.1, -0.05) is 70.5 Å². The van der Waals surface area contributed by atoms with Gasteiger partial charge in [0.1, 0.15) is 0 Å². The van der Waals surface area contributed by atoms with Crippen molar-refractivity contribution in [3.05, 3.63) is 112 Å². The van der Waals surface area contributed by atoms with Gasteiger partial charge in [0.05, 0.1) is 16.8 Å². The molecule has 180 valence electrons. The van der Waals surface area contributed by atoms with E-state index in [4.69, 9.17) is 0 Å². The smallest absolute Gasteiger partial charge is 0.242 e. The summed E-state index contributed by atoms with van der Waals surface area (Å²) >= 11 is 3.64. The predicted molar refractivity (Wildman–Crippen MR) is 148 cm³/mol. The Morgan fingerprint density at radius 2 is 1.61 bits per heavy atom. The Bertz CT molecular complexity index is 1410. The van der Waals surface area contributed by atoms with Crippen LogP contribution in [0.5, 0.6) is 0 Å². The number of anilines is 2. The van der Waals surface area contributed by atoms with Crippen LogP contribution in [0.3, 0.4) is 0 Å². The van der Waals surface area contributed by atoms with Gasteiger partial charge in [0.15, 0.2) is 0 Å². The first-order valence-electron chi connectivity index (χ1n) is 12.5. The van der Waals surface area contributed by atoms with E-state index >= 15 is 0 Å². The molecular weight excluding hydrogens is 510 g/mol. The molecule has 0 radical (unpaired) electrons. The van der Waals surface area contributed by atoms with Crippen molar-refractivity contribution in [2.75, 3.05) is 18.0 Å². The van der Waals surface area contributed by atoms with E-state index in [1.165, 1.54) is 11.1 Å². The van der Waals surface area contributed by atoms with Crippen LogP contribution in [-0.4, -0.2) is 28.9 Å². The lowest BCUT2D eigenvalue weighted by atomic mass is 9.73. The molecule has 1 saturated heterocycles. The average Bonchev–Trinajstić information content (AvgIpc) is 3.14. The maximum atomic E-state index is 14.2. The number of aryl methyl sites for hydroxylation is 1. The second-order valence-corrected chi connectivity index (χ2v) is 10.8. The second-order valence-electron chi connectivity index (χ2n) is 9.84. The monoisotopic (exact) mass is 537 g/mol. The molecule has 5 heteroatoms. The molecule has 0 N–H and O–H groups in total. The molecule has 1 aromatic heterocycles. The van der Waals surface area contributed by atoms with Crippen molar-refractivity contribution >= 4 is 33.2 Å². The van der Waals surface area contributed by atoms with E-state index in [9.17, 15) is 4.79 Å². The molecule has 3 heterocycles. The molecule has 3 aromatic carbocycles. The number of likely N-dealkylation sites (tertiary alicyclic amines) is 1. The lowest BCUT2D eigenvalue weighted by Gasteiger charge is -2.38. The molecule has 4 nitrogen and oxygen atoms in total. The number of hydrogen-bond acceptors (Lipinski definition) is 3.